The van der Waals surface area contributed by atoms with Crippen LogP contribution in [0.25, 0.3) is 0 Å². The molecule has 0 aliphatic carbocycles. The van der Waals surface area contributed by atoms with Gasteiger partial charge in [0.2, 0.25) is 5.91 Å². The first-order valence-electron chi connectivity index (χ1n) is 7.56. The molecule has 1 fully saturated rings. The van der Waals surface area contributed by atoms with Crippen molar-refractivity contribution in [2.24, 2.45) is 11.1 Å². The third kappa shape index (κ3) is 5.11. The maximum atomic E-state index is 11.6. The van der Waals surface area contributed by atoms with Gasteiger partial charge in [0.05, 0.1) is 5.54 Å². The van der Waals surface area contributed by atoms with Gasteiger partial charge in [-0.2, -0.15) is 0 Å². The quantitative estimate of drug-likeness (QED) is 0.772. The van der Waals surface area contributed by atoms with Gasteiger partial charge in [0.15, 0.2) is 0 Å². The Hall–Kier alpha value is -0.610. The first kappa shape index (κ1) is 16.4. The summed E-state index contributed by atoms with van der Waals surface area (Å²) < 4.78 is 0. The van der Waals surface area contributed by atoms with E-state index < -0.39 is 5.54 Å². The molecule has 1 aliphatic rings. The number of primary amides is 1. The molecule has 0 saturated carbocycles. The molecule has 1 amide bonds. The molecule has 112 valence electrons. The summed E-state index contributed by atoms with van der Waals surface area (Å²) in [6, 6.07) is 0. The molecule has 1 unspecified atom stereocenters. The Balaban J connectivity index is 2.48. The lowest BCUT2D eigenvalue weighted by molar-refractivity contribution is -0.124. The molecular formula is C15H31N3O. The largest absolute Gasteiger partial charge is 0.368 e. The Kier molecular flexibility index (Phi) is 5.81. The molecule has 0 bridgehead atoms. The highest BCUT2D eigenvalue weighted by atomic mass is 16.1. The summed E-state index contributed by atoms with van der Waals surface area (Å²) in [7, 11) is 0. The fourth-order valence-electron chi connectivity index (χ4n) is 2.77. The Morgan fingerprint density at radius 1 is 1.37 bits per heavy atom. The van der Waals surface area contributed by atoms with Crippen LogP contribution in [0.5, 0.6) is 0 Å². The van der Waals surface area contributed by atoms with Gasteiger partial charge in [0.1, 0.15) is 0 Å². The van der Waals surface area contributed by atoms with E-state index in [4.69, 9.17) is 5.73 Å². The maximum Gasteiger partial charge on any atom is 0.237 e. The van der Waals surface area contributed by atoms with Gasteiger partial charge in [-0.25, -0.2) is 0 Å². The van der Waals surface area contributed by atoms with E-state index >= 15 is 0 Å². The van der Waals surface area contributed by atoms with Crippen molar-refractivity contribution in [3.63, 3.8) is 0 Å². The van der Waals surface area contributed by atoms with Gasteiger partial charge in [0.25, 0.3) is 0 Å². The number of likely N-dealkylation sites (N-methyl/N-ethyl adjacent to an activating group) is 1. The number of nitrogens with two attached hydrogens (primary N) is 1. The van der Waals surface area contributed by atoms with Crippen molar-refractivity contribution < 1.29 is 4.79 Å². The number of hydrogen-bond donors (Lipinski definition) is 2. The van der Waals surface area contributed by atoms with Crippen molar-refractivity contribution >= 4 is 5.91 Å². The van der Waals surface area contributed by atoms with Crippen molar-refractivity contribution in [1.82, 2.24) is 10.2 Å². The van der Waals surface area contributed by atoms with E-state index in [0.717, 1.165) is 32.6 Å². The Morgan fingerprint density at radius 2 is 2.05 bits per heavy atom. The van der Waals surface area contributed by atoms with Crippen molar-refractivity contribution in [3.8, 4) is 0 Å². The summed E-state index contributed by atoms with van der Waals surface area (Å²) in [6.07, 6.45) is 4.57. The second-order valence-electron chi connectivity index (χ2n) is 6.84. The second kappa shape index (κ2) is 6.71. The van der Waals surface area contributed by atoms with Gasteiger partial charge in [-0.15, -0.1) is 0 Å². The number of amides is 1. The van der Waals surface area contributed by atoms with E-state index in [0.29, 0.717) is 5.41 Å². The molecule has 1 aliphatic heterocycles. The SMILES string of the molecule is CCNC(C)(CCN1CCCC(C)(C)CC1)C(N)=O. The minimum Gasteiger partial charge on any atom is -0.368 e. The molecule has 0 aromatic carbocycles. The molecule has 19 heavy (non-hydrogen) atoms. The van der Waals surface area contributed by atoms with Crippen LogP contribution < -0.4 is 11.1 Å². The Morgan fingerprint density at radius 3 is 2.63 bits per heavy atom. The summed E-state index contributed by atoms with van der Waals surface area (Å²) in [4.78, 5) is 14.1. The van der Waals surface area contributed by atoms with Crippen LogP contribution in [0.4, 0.5) is 0 Å². The number of likely N-dealkylation sites (tertiary alicyclic amines) is 1. The zero-order valence-corrected chi connectivity index (χ0v) is 13.1. The standard InChI is InChI=1S/C15H31N3O/c1-5-17-15(4,13(16)19)9-12-18-10-6-7-14(2,3)8-11-18/h17H,5-12H2,1-4H3,(H2,16,19). The maximum absolute atomic E-state index is 11.6. The fourth-order valence-corrected chi connectivity index (χ4v) is 2.77. The van der Waals surface area contributed by atoms with Crippen molar-refractivity contribution in [1.29, 1.82) is 0 Å². The fraction of sp³-hybridized carbons (Fsp3) is 0.933. The number of rotatable bonds is 6. The van der Waals surface area contributed by atoms with Crippen LogP contribution in [0.2, 0.25) is 0 Å². The van der Waals surface area contributed by atoms with Crippen LogP contribution in [0.15, 0.2) is 0 Å². The first-order chi connectivity index (χ1) is 8.79. The third-order valence-electron chi connectivity index (χ3n) is 4.47. The van der Waals surface area contributed by atoms with Gasteiger partial charge in [0, 0.05) is 6.54 Å². The lowest BCUT2D eigenvalue weighted by Crippen LogP contribution is -2.54. The molecule has 1 rings (SSSR count). The van der Waals surface area contributed by atoms with Crippen LogP contribution >= 0.6 is 0 Å². The third-order valence-corrected chi connectivity index (χ3v) is 4.47. The van der Waals surface area contributed by atoms with Crippen molar-refractivity contribution in [3.05, 3.63) is 0 Å². The summed E-state index contributed by atoms with van der Waals surface area (Å²) >= 11 is 0. The van der Waals surface area contributed by atoms with Gasteiger partial charge < -0.3 is 16.0 Å². The average Bonchev–Trinajstić information content (AvgIpc) is 2.48. The minimum absolute atomic E-state index is 0.246. The average molecular weight is 269 g/mol. The van der Waals surface area contributed by atoms with E-state index in [9.17, 15) is 4.79 Å². The monoisotopic (exact) mass is 269 g/mol. The summed E-state index contributed by atoms with van der Waals surface area (Å²) in [5.41, 5.74) is 5.42. The van der Waals surface area contributed by atoms with Crippen LogP contribution in [-0.2, 0) is 4.79 Å². The zero-order valence-electron chi connectivity index (χ0n) is 13.1. The van der Waals surface area contributed by atoms with Crippen LogP contribution in [-0.4, -0.2) is 42.5 Å². The number of carbonyl (C=O) groups excluding carboxylic acids is 1. The van der Waals surface area contributed by atoms with Gasteiger partial charge >= 0.3 is 0 Å². The lowest BCUT2D eigenvalue weighted by atomic mass is 9.85. The van der Waals surface area contributed by atoms with Crippen molar-refractivity contribution in [2.45, 2.75) is 58.9 Å². The first-order valence-corrected chi connectivity index (χ1v) is 7.56. The van der Waals surface area contributed by atoms with E-state index in [2.05, 4.69) is 24.1 Å². The normalized spacial score (nSPS) is 23.6. The van der Waals surface area contributed by atoms with E-state index in [1.807, 2.05) is 13.8 Å². The molecular weight excluding hydrogens is 238 g/mol. The van der Waals surface area contributed by atoms with Crippen molar-refractivity contribution in [2.75, 3.05) is 26.2 Å². The smallest absolute Gasteiger partial charge is 0.237 e. The Bertz CT molecular complexity index is 304. The second-order valence-corrected chi connectivity index (χ2v) is 6.84. The molecule has 1 heterocycles. The highest BCUT2D eigenvalue weighted by Gasteiger charge is 2.31. The van der Waals surface area contributed by atoms with Gasteiger partial charge in [-0.05, 0) is 57.7 Å². The van der Waals surface area contributed by atoms with E-state index in [1.54, 1.807) is 0 Å². The molecule has 4 heteroatoms. The number of nitrogens with one attached hydrogen (secondary N) is 1. The number of carbonyl (C=O) groups is 1. The molecule has 0 spiro atoms. The predicted molar refractivity (Wildman–Crippen MR) is 80.0 cm³/mol. The van der Waals surface area contributed by atoms with Crippen LogP contribution in [0.1, 0.15) is 53.4 Å². The lowest BCUT2D eigenvalue weighted by Gasteiger charge is -2.30. The topological polar surface area (TPSA) is 58.4 Å². The van der Waals surface area contributed by atoms with E-state index in [1.165, 1.54) is 19.3 Å². The summed E-state index contributed by atoms with van der Waals surface area (Å²) in [5.74, 6) is -0.246. The molecule has 1 atom stereocenters. The van der Waals surface area contributed by atoms with Crippen LogP contribution in [0.3, 0.4) is 0 Å². The van der Waals surface area contributed by atoms with E-state index in [-0.39, 0.29) is 5.91 Å². The molecule has 0 aromatic rings. The molecule has 0 aromatic heterocycles. The highest BCUT2D eigenvalue weighted by Crippen LogP contribution is 2.29. The zero-order chi connectivity index (χ0) is 14.5. The molecule has 0 radical (unpaired) electrons. The summed E-state index contributed by atoms with van der Waals surface area (Å²) in [6.45, 7) is 12.6. The van der Waals surface area contributed by atoms with Gasteiger partial charge in [-0.1, -0.05) is 20.8 Å². The molecule has 3 N–H and O–H groups in total. The molecule has 1 saturated heterocycles. The summed E-state index contributed by atoms with van der Waals surface area (Å²) in [5, 5.41) is 3.23. The predicted octanol–water partition coefficient (Wildman–Crippen LogP) is 1.74. The number of hydrogen-bond acceptors (Lipinski definition) is 3. The highest BCUT2D eigenvalue weighted by molar-refractivity contribution is 5.84. The van der Waals surface area contributed by atoms with Crippen LogP contribution in [0, 0.1) is 5.41 Å². The minimum atomic E-state index is -0.573. The molecule has 4 nitrogen and oxygen atoms in total. The number of nitrogens with zero attached hydrogens (tertiary/aromatic N) is 1. The Labute approximate surface area is 118 Å². The van der Waals surface area contributed by atoms with Gasteiger partial charge in [-0.3, -0.25) is 4.79 Å².